The number of allylic oxidation sites excluding steroid dienone is 1. The molecule has 50 valence electrons. The lowest BCUT2D eigenvalue weighted by atomic mass is 9.89. The van der Waals surface area contributed by atoms with Gasteiger partial charge in [-0.3, -0.25) is 0 Å². The molecule has 0 saturated heterocycles. The SMILES string of the molecule is [2H]C=CC12CCCCC1C2. The van der Waals surface area contributed by atoms with Crippen LogP contribution in [0.4, 0.5) is 0 Å². The Labute approximate surface area is 58.4 Å². The van der Waals surface area contributed by atoms with Crippen molar-refractivity contribution in [3.63, 3.8) is 0 Å². The minimum Gasteiger partial charge on any atom is -0.103 e. The predicted octanol–water partition coefficient (Wildman–Crippen LogP) is 2.75. The lowest BCUT2D eigenvalue weighted by molar-refractivity contribution is 0.404. The van der Waals surface area contributed by atoms with E-state index in [0.29, 0.717) is 5.41 Å². The zero-order chi connectivity index (χ0) is 7.03. The normalized spacial score (nSPS) is 50.7. The fourth-order valence-electron chi connectivity index (χ4n) is 2.23. The summed E-state index contributed by atoms with van der Waals surface area (Å²) in [6.07, 6.45) is 9.09. The molecule has 0 nitrogen and oxygen atoms in total. The number of fused-ring (bicyclic) bond motifs is 1. The van der Waals surface area contributed by atoms with E-state index in [1.165, 1.54) is 38.7 Å². The Bertz CT molecular complexity index is 162. The van der Waals surface area contributed by atoms with Crippen LogP contribution in [0.25, 0.3) is 0 Å². The maximum absolute atomic E-state index is 7.01. The van der Waals surface area contributed by atoms with Crippen LogP contribution in [0.1, 0.15) is 33.5 Å². The first-order valence-electron chi connectivity index (χ1n) is 4.51. The van der Waals surface area contributed by atoms with Gasteiger partial charge < -0.3 is 0 Å². The van der Waals surface area contributed by atoms with Crippen molar-refractivity contribution in [3.8, 4) is 0 Å². The van der Waals surface area contributed by atoms with Crippen LogP contribution in [-0.4, -0.2) is 0 Å². The van der Waals surface area contributed by atoms with E-state index in [1.807, 2.05) is 0 Å². The summed E-state index contributed by atoms with van der Waals surface area (Å²) in [6, 6.07) is 0. The van der Waals surface area contributed by atoms with E-state index in [0.717, 1.165) is 5.92 Å². The smallest absolute Gasteiger partial charge is 0.0535 e. The van der Waals surface area contributed by atoms with Gasteiger partial charge in [-0.15, -0.1) is 6.55 Å². The number of rotatable bonds is 1. The first kappa shape index (κ1) is 4.54. The fraction of sp³-hybridized carbons (Fsp3) is 0.778. The summed E-state index contributed by atoms with van der Waals surface area (Å²) in [6.45, 7) is 1.49. The molecule has 0 amide bonds. The molecule has 2 atom stereocenters. The zero-order valence-corrected chi connectivity index (χ0v) is 5.77. The summed E-state index contributed by atoms with van der Waals surface area (Å²) in [5.41, 5.74) is 0.528. The van der Waals surface area contributed by atoms with Crippen LogP contribution in [0.3, 0.4) is 0 Å². The van der Waals surface area contributed by atoms with Gasteiger partial charge in [-0.25, -0.2) is 0 Å². The third kappa shape index (κ3) is 0.654. The molecule has 0 aromatic heterocycles. The maximum atomic E-state index is 7.01. The Kier molecular flexibility index (Phi) is 0.816. The molecule has 9 heavy (non-hydrogen) atoms. The number of hydrogen-bond acceptors (Lipinski definition) is 0. The van der Waals surface area contributed by atoms with Crippen molar-refractivity contribution in [2.75, 3.05) is 0 Å². The Hall–Kier alpha value is -0.260. The highest BCUT2D eigenvalue weighted by Gasteiger charge is 2.51. The van der Waals surface area contributed by atoms with Crippen molar-refractivity contribution in [1.29, 1.82) is 0 Å². The highest BCUT2D eigenvalue weighted by atomic mass is 14.6. The van der Waals surface area contributed by atoms with E-state index >= 15 is 0 Å². The topological polar surface area (TPSA) is 0 Å². The van der Waals surface area contributed by atoms with Crippen molar-refractivity contribution >= 4 is 0 Å². The summed E-state index contributed by atoms with van der Waals surface area (Å²) in [4.78, 5) is 0. The van der Waals surface area contributed by atoms with Crippen LogP contribution in [0, 0.1) is 11.3 Å². The average molecular weight is 123 g/mol. The largest absolute Gasteiger partial charge is 0.103 e. The van der Waals surface area contributed by atoms with Crippen molar-refractivity contribution in [3.05, 3.63) is 12.6 Å². The Morgan fingerprint density at radius 2 is 2.67 bits per heavy atom. The fourth-order valence-corrected chi connectivity index (χ4v) is 2.23. The molecule has 2 fully saturated rings. The van der Waals surface area contributed by atoms with Gasteiger partial charge in [0, 0.05) is 0 Å². The highest BCUT2D eigenvalue weighted by Crippen LogP contribution is 2.61. The van der Waals surface area contributed by atoms with E-state index in [1.54, 1.807) is 0 Å². The molecule has 0 heteroatoms. The summed E-state index contributed by atoms with van der Waals surface area (Å²) >= 11 is 0. The van der Waals surface area contributed by atoms with Gasteiger partial charge in [0.05, 0.1) is 1.37 Å². The Balaban J connectivity index is 2.05. The Morgan fingerprint density at radius 3 is 3.44 bits per heavy atom. The number of hydrogen-bond donors (Lipinski definition) is 0. The zero-order valence-electron chi connectivity index (χ0n) is 6.77. The van der Waals surface area contributed by atoms with Crippen LogP contribution >= 0.6 is 0 Å². The molecule has 0 aromatic rings. The molecule has 0 aliphatic heterocycles. The van der Waals surface area contributed by atoms with Gasteiger partial charge in [0.15, 0.2) is 0 Å². The van der Waals surface area contributed by atoms with E-state index < -0.39 is 0 Å². The van der Waals surface area contributed by atoms with Gasteiger partial charge in [-0.1, -0.05) is 18.9 Å². The van der Waals surface area contributed by atoms with Crippen molar-refractivity contribution in [1.82, 2.24) is 0 Å². The molecule has 0 spiro atoms. The van der Waals surface area contributed by atoms with E-state index in [2.05, 4.69) is 6.08 Å². The van der Waals surface area contributed by atoms with Crippen LogP contribution in [-0.2, 0) is 0 Å². The van der Waals surface area contributed by atoms with Gasteiger partial charge in [-0.05, 0) is 30.6 Å². The third-order valence-corrected chi connectivity index (χ3v) is 3.06. The molecule has 0 N–H and O–H groups in total. The first-order chi connectivity index (χ1) is 4.87. The van der Waals surface area contributed by atoms with Crippen molar-refractivity contribution < 1.29 is 1.37 Å². The molecular formula is C9H14. The Morgan fingerprint density at radius 1 is 1.67 bits per heavy atom. The van der Waals surface area contributed by atoms with Crippen molar-refractivity contribution in [2.24, 2.45) is 11.3 Å². The van der Waals surface area contributed by atoms with Crippen LogP contribution in [0.15, 0.2) is 12.6 Å². The van der Waals surface area contributed by atoms with E-state index in [-0.39, 0.29) is 0 Å². The molecule has 2 aliphatic carbocycles. The molecule has 0 bridgehead atoms. The van der Waals surface area contributed by atoms with Crippen LogP contribution in [0.2, 0.25) is 0 Å². The lowest BCUT2D eigenvalue weighted by Crippen LogP contribution is -2.04. The summed E-state index contributed by atoms with van der Waals surface area (Å²) in [7, 11) is 0. The summed E-state index contributed by atoms with van der Waals surface area (Å²) in [5.74, 6) is 0.961. The minimum atomic E-state index is 0.528. The average Bonchev–Trinajstić information content (AvgIpc) is 2.62. The first-order valence-corrected chi connectivity index (χ1v) is 3.93. The molecular weight excluding hydrogens is 108 g/mol. The van der Waals surface area contributed by atoms with Gasteiger partial charge >= 0.3 is 0 Å². The van der Waals surface area contributed by atoms with E-state index in [4.69, 9.17) is 1.37 Å². The monoisotopic (exact) mass is 123 g/mol. The molecule has 2 aliphatic rings. The highest BCUT2D eigenvalue weighted by molar-refractivity contribution is 5.13. The quantitative estimate of drug-likeness (QED) is 0.470. The maximum Gasteiger partial charge on any atom is 0.0535 e. The van der Waals surface area contributed by atoms with Gasteiger partial charge in [0.2, 0.25) is 0 Å². The molecule has 2 rings (SSSR count). The second kappa shape index (κ2) is 1.62. The molecule has 0 aromatic carbocycles. The van der Waals surface area contributed by atoms with Gasteiger partial charge in [0.1, 0.15) is 0 Å². The third-order valence-electron chi connectivity index (χ3n) is 3.06. The molecule has 2 unspecified atom stereocenters. The second-order valence-corrected chi connectivity index (χ2v) is 3.55. The van der Waals surface area contributed by atoms with Crippen LogP contribution < -0.4 is 0 Å². The van der Waals surface area contributed by atoms with Crippen LogP contribution in [0.5, 0.6) is 0 Å². The standard InChI is InChI=1S/C9H14/c1-2-9-6-4-3-5-8(9)7-9/h2,8H,1,3-7H2/i1D. The van der Waals surface area contributed by atoms with Gasteiger partial charge in [-0.2, -0.15) is 0 Å². The predicted molar refractivity (Wildman–Crippen MR) is 39.2 cm³/mol. The molecule has 0 radical (unpaired) electrons. The summed E-state index contributed by atoms with van der Waals surface area (Å²) in [5, 5.41) is 0. The molecule has 0 heterocycles. The second-order valence-electron chi connectivity index (χ2n) is 3.55. The minimum absolute atomic E-state index is 0.528. The summed E-state index contributed by atoms with van der Waals surface area (Å²) < 4.78 is 7.01. The van der Waals surface area contributed by atoms with Crippen molar-refractivity contribution in [2.45, 2.75) is 32.1 Å². The van der Waals surface area contributed by atoms with Gasteiger partial charge in [0.25, 0.3) is 0 Å². The molecule has 2 saturated carbocycles. The lowest BCUT2D eigenvalue weighted by Gasteiger charge is -2.16. The van der Waals surface area contributed by atoms with E-state index in [9.17, 15) is 0 Å².